The van der Waals surface area contributed by atoms with Gasteiger partial charge in [-0.2, -0.15) is 13.2 Å². The summed E-state index contributed by atoms with van der Waals surface area (Å²) in [6, 6.07) is 3.83. The molecule has 0 aromatic heterocycles. The van der Waals surface area contributed by atoms with E-state index in [1.807, 2.05) is 6.92 Å². The molecule has 1 rings (SSSR count). The Morgan fingerprint density at radius 2 is 1.95 bits per heavy atom. The Bertz CT molecular complexity index is 404. The van der Waals surface area contributed by atoms with Crippen LogP contribution in [-0.4, -0.2) is 6.04 Å². The first kappa shape index (κ1) is 16.3. The van der Waals surface area contributed by atoms with Crippen LogP contribution in [0.4, 0.5) is 18.9 Å². The van der Waals surface area contributed by atoms with E-state index in [-0.39, 0.29) is 6.04 Å². The van der Waals surface area contributed by atoms with E-state index in [4.69, 9.17) is 0 Å². The van der Waals surface area contributed by atoms with Gasteiger partial charge in [0.25, 0.3) is 0 Å². The largest absolute Gasteiger partial charge is 0.416 e. The van der Waals surface area contributed by atoms with Crippen molar-refractivity contribution >= 4 is 21.6 Å². The van der Waals surface area contributed by atoms with Gasteiger partial charge in [-0.1, -0.05) is 26.2 Å². The molecule has 1 aromatic rings. The monoisotopic (exact) mass is 337 g/mol. The highest BCUT2D eigenvalue weighted by molar-refractivity contribution is 9.10. The molecule has 0 heterocycles. The number of nitrogens with one attached hydrogen (secondary N) is 1. The Morgan fingerprint density at radius 3 is 2.53 bits per heavy atom. The van der Waals surface area contributed by atoms with Crippen molar-refractivity contribution < 1.29 is 13.2 Å². The zero-order valence-electron chi connectivity index (χ0n) is 11.1. The molecular formula is C14H19BrF3N. The van der Waals surface area contributed by atoms with E-state index in [2.05, 4.69) is 28.2 Å². The lowest BCUT2D eigenvalue weighted by atomic mass is 10.1. The van der Waals surface area contributed by atoms with Crippen LogP contribution in [0, 0.1) is 0 Å². The maximum Gasteiger partial charge on any atom is 0.416 e. The van der Waals surface area contributed by atoms with Gasteiger partial charge in [-0.25, -0.2) is 0 Å². The van der Waals surface area contributed by atoms with Gasteiger partial charge >= 0.3 is 6.18 Å². The second-order valence-electron chi connectivity index (χ2n) is 4.73. The van der Waals surface area contributed by atoms with E-state index < -0.39 is 11.7 Å². The molecule has 0 fully saturated rings. The molecule has 0 saturated carbocycles. The van der Waals surface area contributed by atoms with E-state index >= 15 is 0 Å². The van der Waals surface area contributed by atoms with Gasteiger partial charge in [-0.3, -0.25) is 0 Å². The van der Waals surface area contributed by atoms with Crippen LogP contribution in [0.25, 0.3) is 0 Å². The van der Waals surface area contributed by atoms with E-state index in [1.165, 1.54) is 6.07 Å². The highest BCUT2D eigenvalue weighted by Crippen LogP contribution is 2.34. The second-order valence-corrected chi connectivity index (χ2v) is 5.59. The van der Waals surface area contributed by atoms with Crippen molar-refractivity contribution in [3.8, 4) is 0 Å². The lowest BCUT2D eigenvalue weighted by Crippen LogP contribution is -2.16. The summed E-state index contributed by atoms with van der Waals surface area (Å²) in [6.07, 6.45) is 0.0239. The van der Waals surface area contributed by atoms with Crippen molar-refractivity contribution in [2.24, 2.45) is 0 Å². The van der Waals surface area contributed by atoms with Gasteiger partial charge in [0.15, 0.2) is 0 Å². The minimum Gasteiger partial charge on any atom is -0.382 e. The number of halogens is 4. The lowest BCUT2D eigenvalue weighted by Gasteiger charge is -2.18. The van der Waals surface area contributed by atoms with Crippen LogP contribution in [0.1, 0.15) is 45.1 Å². The Labute approximate surface area is 120 Å². The lowest BCUT2D eigenvalue weighted by molar-refractivity contribution is -0.137. The Kier molecular flexibility index (Phi) is 6.17. The number of hydrogen-bond donors (Lipinski definition) is 1. The average molecular weight is 338 g/mol. The molecule has 0 amide bonds. The third-order valence-corrected chi connectivity index (χ3v) is 3.63. The molecule has 1 unspecified atom stereocenters. The van der Waals surface area contributed by atoms with Crippen molar-refractivity contribution in [1.82, 2.24) is 0 Å². The van der Waals surface area contributed by atoms with Crippen LogP contribution in [-0.2, 0) is 6.18 Å². The van der Waals surface area contributed by atoms with Gasteiger partial charge in [0.2, 0.25) is 0 Å². The Hall–Kier alpha value is -0.710. The van der Waals surface area contributed by atoms with Gasteiger partial charge in [-0.05, 0) is 47.5 Å². The van der Waals surface area contributed by atoms with Crippen LogP contribution in [0.2, 0.25) is 0 Å². The van der Waals surface area contributed by atoms with Gasteiger partial charge in [0, 0.05) is 16.2 Å². The van der Waals surface area contributed by atoms with E-state index in [9.17, 15) is 13.2 Å². The predicted molar refractivity (Wildman–Crippen MR) is 76.4 cm³/mol. The molecule has 0 radical (unpaired) electrons. The molecule has 0 saturated heterocycles. The van der Waals surface area contributed by atoms with E-state index in [1.54, 1.807) is 0 Å². The quantitative estimate of drug-likeness (QED) is 0.642. The highest BCUT2D eigenvalue weighted by atomic mass is 79.9. The van der Waals surface area contributed by atoms with E-state index in [0.717, 1.165) is 37.8 Å². The van der Waals surface area contributed by atoms with Gasteiger partial charge < -0.3 is 5.32 Å². The maximum absolute atomic E-state index is 12.6. The third-order valence-electron chi connectivity index (χ3n) is 2.94. The molecule has 0 spiro atoms. The summed E-state index contributed by atoms with van der Waals surface area (Å²) in [5.74, 6) is 0. The zero-order chi connectivity index (χ0) is 14.5. The molecule has 1 nitrogen and oxygen atoms in total. The fourth-order valence-corrected chi connectivity index (χ4v) is 2.21. The minimum atomic E-state index is -4.30. The van der Waals surface area contributed by atoms with Crippen LogP contribution in [0.5, 0.6) is 0 Å². The molecule has 1 atom stereocenters. The summed E-state index contributed by atoms with van der Waals surface area (Å²) in [4.78, 5) is 0. The summed E-state index contributed by atoms with van der Waals surface area (Å²) < 4.78 is 38.6. The summed E-state index contributed by atoms with van der Waals surface area (Å²) >= 11 is 3.28. The standard InChI is InChI=1S/C14H19BrF3N/c1-3-4-5-6-10(2)19-13-9-11(14(16,17)18)7-8-12(13)15/h7-10,19H,3-6H2,1-2H3. The first-order chi connectivity index (χ1) is 8.84. The van der Waals surface area contributed by atoms with Gasteiger partial charge in [0.05, 0.1) is 5.56 Å². The minimum absolute atomic E-state index is 0.159. The normalized spacial score (nSPS) is 13.4. The summed E-state index contributed by atoms with van der Waals surface area (Å²) in [7, 11) is 0. The topological polar surface area (TPSA) is 12.0 Å². The van der Waals surface area contributed by atoms with E-state index in [0.29, 0.717) is 10.2 Å². The fraction of sp³-hybridized carbons (Fsp3) is 0.571. The maximum atomic E-state index is 12.6. The summed E-state index contributed by atoms with van der Waals surface area (Å²) in [5.41, 5.74) is -0.127. The number of alkyl halides is 3. The van der Waals surface area contributed by atoms with Gasteiger partial charge in [0.1, 0.15) is 0 Å². The predicted octanol–water partition coefficient (Wildman–Crippen LogP) is 5.85. The molecule has 19 heavy (non-hydrogen) atoms. The number of benzene rings is 1. The number of rotatable bonds is 6. The second kappa shape index (κ2) is 7.17. The number of unbranched alkanes of at least 4 members (excludes halogenated alkanes) is 2. The molecule has 5 heteroatoms. The van der Waals surface area contributed by atoms with Crippen molar-refractivity contribution in [3.05, 3.63) is 28.2 Å². The zero-order valence-corrected chi connectivity index (χ0v) is 12.7. The average Bonchev–Trinajstić information content (AvgIpc) is 2.31. The summed E-state index contributed by atoms with van der Waals surface area (Å²) in [6.45, 7) is 4.11. The van der Waals surface area contributed by atoms with Crippen LogP contribution >= 0.6 is 15.9 Å². The molecule has 0 aliphatic heterocycles. The van der Waals surface area contributed by atoms with Crippen molar-refractivity contribution in [3.63, 3.8) is 0 Å². The highest BCUT2D eigenvalue weighted by Gasteiger charge is 2.30. The molecule has 0 aliphatic rings. The SMILES string of the molecule is CCCCCC(C)Nc1cc(C(F)(F)F)ccc1Br. The first-order valence-electron chi connectivity index (χ1n) is 6.48. The number of anilines is 1. The molecule has 1 aromatic carbocycles. The van der Waals surface area contributed by atoms with Crippen molar-refractivity contribution in [2.45, 2.75) is 51.7 Å². The fourth-order valence-electron chi connectivity index (χ4n) is 1.85. The smallest absolute Gasteiger partial charge is 0.382 e. The van der Waals surface area contributed by atoms with Crippen LogP contribution in [0.15, 0.2) is 22.7 Å². The molecule has 0 aliphatic carbocycles. The summed E-state index contributed by atoms with van der Waals surface area (Å²) in [5, 5.41) is 3.13. The number of hydrogen-bond acceptors (Lipinski definition) is 1. The molecule has 1 N–H and O–H groups in total. The van der Waals surface area contributed by atoms with Crippen LogP contribution < -0.4 is 5.32 Å². The Morgan fingerprint density at radius 1 is 1.26 bits per heavy atom. The molecule has 108 valence electrons. The third kappa shape index (κ3) is 5.43. The Balaban J connectivity index is 2.71. The van der Waals surface area contributed by atoms with Crippen LogP contribution in [0.3, 0.4) is 0 Å². The van der Waals surface area contributed by atoms with Gasteiger partial charge in [-0.15, -0.1) is 0 Å². The molecular weight excluding hydrogens is 319 g/mol. The first-order valence-corrected chi connectivity index (χ1v) is 7.27. The molecule has 0 bridgehead atoms. The van der Waals surface area contributed by atoms with Crippen molar-refractivity contribution in [1.29, 1.82) is 0 Å². The van der Waals surface area contributed by atoms with Crippen molar-refractivity contribution in [2.75, 3.05) is 5.32 Å².